The van der Waals surface area contributed by atoms with Gasteiger partial charge >= 0.3 is 11.6 Å². The predicted molar refractivity (Wildman–Crippen MR) is 119 cm³/mol. The summed E-state index contributed by atoms with van der Waals surface area (Å²) in [6, 6.07) is 13.7. The molecule has 0 N–H and O–H groups in total. The first-order chi connectivity index (χ1) is 15.0. The number of ether oxygens (including phenoxy) is 3. The molecule has 0 radical (unpaired) electrons. The minimum atomic E-state index is -0.811. The molecule has 6 heteroatoms. The van der Waals surface area contributed by atoms with Gasteiger partial charge in [0.15, 0.2) is 17.1 Å². The van der Waals surface area contributed by atoms with E-state index in [9.17, 15) is 9.59 Å². The molecule has 0 aliphatic rings. The van der Waals surface area contributed by atoms with Crippen molar-refractivity contribution in [1.82, 2.24) is 0 Å². The molecule has 0 unspecified atom stereocenters. The Morgan fingerprint density at radius 1 is 1.03 bits per heavy atom. The zero-order chi connectivity index (χ0) is 22.2. The van der Waals surface area contributed by atoms with Crippen molar-refractivity contribution >= 4 is 16.9 Å². The highest BCUT2D eigenvalue weighted by Crippen LogP contribution is 2.37. The van der Waals surface area contributed by atoms with Crippen molar-refractivity contribution in [3.05, 3.63) is 76.7 Å². The van der Waals surface area contributed by atoms with Gasteiger partial charge in [0.1, 0.15) is 0 Å². The first-order valence-electron chi connectivity index (χ1n) is 10.3. The van der Waals surface area contributed by atoms with Crippen molar-refractivity contribution in [1.29, 1.82) is 0 Å². The van der Waals surface area contributed by atoms with Gasteiger partial charge in [-0.2, -0.15) is 0 Å². The van der Waals surface area contributed by atoms with Crippen LogP contribution in [0.4, 0.5) is 0 Å². The average molecular weight is 422 g/mol. The largest absolute Gasteiger partial charge is 0.489 e. The van der Waals surface area contributed by atoms with Gasteiger partial charge in [-0.3, -0.25) is 0 Å². The van der Waals surface area contributed by atoms with E-state index in [4.69, 9.17) is 18.6 Å². The smallest absolute Gasteiger partial charge is 0.383 e. The second-order valence-corrected chi connectivity index (χ2v) is 7.12. The van der Waals surface area contributed by atoms with Crippen LogP contribution in [0.25, 0.3) is 11.0 Å². The van der Waals surface area contributed by atoms with Gasteiger partial charge in [-0.1, -0.05) is 43.3 Å². The number of fused-ring (bicyclic) bond motifs is 1. The van der Waals surface area contributed by atoms with Crippen molar-refractivity contribution in [3.8, 4) is 17.2 Å². The highest BCUT2D eigenvalue weighted by molar-refractivity contribution is 5.94. The highest BCUT2D eigenvalue weighted by atomic mass is 16.6. The number of hydrogen-bond donors (Lipinski definition) is 0. The van der Waals surface area contributed by atoms with Gasteiger partial charge < -0.3 is 18.6 Å². The molecule has 0 amide bonds. The molecule has 0 aliphatic heterocycles. The molecule has 1 aromatic heterocycles. The van der Waals surface area contributed by atoms with E-state index >= 15 is 0 Å². The van der Waals surface area contributed by atoms with Crippen molar-refractivity contribution in [3.63, 3.8) is 0 Å². The summed E-state index contributed by atoms with van der Waals surface area (Å²) in [4.78, 5) is 25.3. The molecule has 0 atom stereocenters. The van der Waals surface area contributed by atoms with Gasteiger partial charge in [0.25, 0.3) is 5.75 Å². The van der Waals surface area contributed by atoms with E-state index in [1.165, 1.54) is 0 Å². The summed E-state index contributed by atoms with van der Waals surface area (Å²) in [6.45, 7) is 6.15. The van der Waals surface area contributed by atoms with Crippen LogP contribution in [0, 0.1) is 0 Å². The fourth-order valence-electron chi connectivity index (χ4n) is 2.96. The van der Waals surface area contributed by atoms with Gasteiger partial charge in [-0.15, -0.1) is 0 Å². The summed E-state index contributed by atoms with van der Waals surface area (Å²) in [5, 5.41) is 0.491. The lowest BCUT2D eigenvalue weighted by Gasteiger charge is -2.16. The van der Waals surface area contributed by atoms with Crippen LogP contribution >= 0.6 is 0 Å². The van der Waals surface area contributed by atoms with Crippen molar-refractivity contribution in [2.45, 2.75) is 39.7 Å². The third-order valence-corrected chi connectivity index (χ3v) is 4.31. The van der Waals surface area contributed by atoms with Crippen LogP contribution in [0.2, 0.25) is 0 Å². The van der Waals surface area contributed by atoms with Crippen molar-refractivity contribution in [2.75, 3.05) is 6.61 Å². The number of esters is 1. The van der Waals surface area contributed by atoms with E-state index in [1.807, 2.05) is 19.9 Å². The maximum Gasteiger partial charge on any atom is 0.383 e. The second-order valence-electron chi connectivity index (χ2n) is 7.12. The molecule has 31 heavy (non-hydrogen) atoms. The Labute approximate surface area is 181 Å². The third-order valence-electron chi connectivity index (χ3n) is 4.31. The lowest BCUT2D eigenvalue weighted by molar-refractivity contribution is 0.0718. The fourth-order valence-corrected chi connectivity index (χ4v) is 2.96. The first-order valence-corrected chi connectivity index (χ1v) is 10.3. The monoisotopic (exact) mass is 422 g/mol. The molecule has 2 aromatic carbocycles. The third kappa shape index (κ3) is 5.54. The molecule has 162 valence electrons. The van der Waals surface area contributed by atoms with Crippen LogP contribution in [0.15, 0.2) is 69.9 Å². The van der Waals surface area contributed by atoms with E-state index in [-0.39, 0.29) is 23.2 Å². The van der Waals surface area contributed by atoms with Crippen LogP contribution in [0.1, 0.15) is 44.0 Å². The van der Waals surface area contributed by atoms with Gasteiger partial charge in [0.05, 0.1) is 23.7 Å². The lowest BCUT2D eigenvalue weighted by atomic mass is 10.2. The van der Waals surface area contributed by atoms with E-state index in [1.54, 1.807) is 48.5 Å². The van der Waals surface area contributed by atoms with E-state index in [2.05, 4.69) is 13.0 Å². The van der Waals surface area contributed by atoms with Crippen molar-refractivity contribution in [2.24, 2.45) is 0 Å². The maximum atomic E-state index is 12.8. The van der Waals surface area contributed by atoms with Crippen molar-refractivity contribution < 1.29 is 23.4 Å². The van der Waals surface area contributed by atoms with Gasteiger partial charge in [0, 0.05) is 0 Å². The van der Waals surface area contributed by atoms with E-state index < -0.39 is 11.6 Å². The first kappa shape index (κ1) is 22.2. The summed E-state index contributed by atoms with van der Waals surface area (Å²) < 4.78 is 22.6. The van der Waals surface area contributed by atoms with Crippen LogP contribution in [-0.4, -0.2) is 18.7 Å². The quantitative estimate of drug-likeness (QED) is 0.195. The normalized spacial score (nSPS) is 11.2. The second kappa shape index (κ2) is 10.5. The van der Waals surface area contributed by atoms with Crippen LogP contribution in [-0.2, 0) is 0 Å². The van der Waals surface area contributed by atoms with Crippen LogP contribution in [0.5, 0.6) is 17.2 Å². The molecule has 0 saturated heterocycles. The molecule has 0 fully saturated rings. The molecule has 0 spiro atoms. The molecule has 6 nitrogen and oxygen atoms in total. The lowest BCUT2D eigenvalue weighted by Crippen LogP contribution is -2.18. The Bertz CT molecular complexity index is 1110. The SMILES string of the molecule is CC/C=C/CCOc1cccc2c(OC(C)C)c(OC(=O)c3ccccc3)c(=O)oc12. The number of para-hydroxylation sites is 1. The summed E-state index contributed by atoms with van der Waals surface area (Å²) in [6.07, 6.45) is 5.53. The summed E-state index contributed by atoms with van der Waals surface area (Å²) in [7, 11) is 0. The summed E-state index contributed by atoms with van der Waals surface area (Å²) in [5.74, 6) is -0.370. The Hall–Kier alpha value is -3.54. The Morgan fingerprint density at radius 2 is 1.81 bits per heavy atom. The van der Waals surface area contributed by atoms with Crippen LogP contribution < -0.4 is 19.8 Å². The molecule has 1 heterocycles. The zero-order valence-electron chi connectivity index (χ0n) is 17.9. The summed E-state index contributed by atoms with van der Waals surface area (Å²) >= 11 is 0. The molecule has 3 rings (SSSR count). The van der Waals surface area contributed by atoms with Gasteiger partial charge in [-0.25, -0.2) is 9.59 Å². The topological polar surface area (TPSA) is 75.0 Å². The number of hydrogen-bond acceptors (Lipinski definition) is 6. The fraction of sp³-hybridized carbons (Fsp3) is 0.280. The number of carbonyl (C=O) groups is 1. The summed E-state index contributed by atoms with van der Waals surface area (Å²) in [5.41, 5.74) is -0.244. The Morgan fingerprint density at radius 3 is 2.52 bits per heavy atom. The zero-order valence-corrected chi connectivity index (χ0v) is 17.9. The van der Waals surface area contributed by atoms with Gasteiger partial charge in [-0.05, 0) is 51.0 Å². The maximum absolute atomic E-state index is 12.8. The predicted octanol–water partition coefficient (Wildman–Crippen LogP) is 5.53. The molecule has 0 saturated carbocycles. The molecule has 0 bridgehead atoms. The highest BCUT2D eigenvalue weighted by Gasteiger charge is 2.23. The number of benzene rings is 2. The minimum absolute atomic E-state index is 0.154. The van der Waals surface area contributed by atoms with E-state index in [0.29, 0.717) is 23.3 Å². The number of rotatable bonds is 9. The molecule has 0 aliphatic carbocycles. The van der Waals surface area contributed by atoms with Gasteiger partial charge in [0.2, 0.25) is 0 Å². The van der Waals surface area contributed by atoms with Crippen LogP contribution in [0.3, 0.4) is 0 Å². The number of allylic oxidation sites excluding steroid dienone is 1. The Kier molecular flexibility index (Phi) is 7.49. The Balaban J connectivity index is 2.01. The molecule has 3 aromatic rings. The average Bonchev–Trinajstić information content (AvgIpc) is 2.76. The number of carbonyl (C=O) groups excluding carboxylic acids is 1. The molecular weight excluding hydrogens is 396 g/mol. The molecular formula is C25H26O6. The standard InChI is InChI=1S/C25H26O6/c1-4-5-6-10-16-28-20-15-11-14-19-21(20)30-25(27)23(22(19)29-17(2)3)31-24(26)18-12-8-7-9-13-18/h5-9,11-15,17H,4,10,16H2,1-3H3/b6-5+. The van der Waals surface area contributed by atoms with E-state index in [0.717, 1.165) is 12.8 Å². The minimum Gasteiger partial charge on any atom is -0.489 e.